The van der Waals surface area contributed by atoms with Crippen molar-refractivity contribution in [2.75, 3.05) is 11.9 Å². The van der Waals surface area contributed by atoms with E-state index in [-0.39, 0.29) is 11.5 Å². The van der Waals surface area contributed by atoms with Crippen LogP contribution < -0.4 is 10.6 Å². The minimum Gasteiger partial charge on any atom is -0.454 e. The largest absolute Gasteiger partial charge is 0.454 e. The summed E-state index contributed by atoms with van der Waals surface area (Å²) in [7, 11) is 0. The lowest BCUT2D eigenvalue weighted by Gasteiger charge is -2.21. The number of aryl methyl sites for hydroxylation is 1. The molecule has 2 rings (SSSR count). The number of anilines is 1. The van der Waals surface area contributed by atoms with Crippen molar-refractivity contribution in [2.45, 2.75) is 26.8 Å². The Hall–Kier alpha value is -2.74. The van der Waals surface area contributed by atoms with Gasteiger partial charge in [0.2, 0.25) is 0 Å². The second kappa shape index (κ2) is 10.2. The van der Waals surface area contributed by atoms with Crippen molar-refractivity contribution < 1.29 is 23.5 Å². The Morgan fingerprint density at radius 3 is 2.45 bits per heavy atom. The topological polar surface area (TPSA) is 84.5 Å². The van der Waals surface area contributed by atoms with Crippen molar-refractivity contribution in [1.29, 1.82) is 0 Å². The molecule has 6 nitrogen and oxygen atoms in total. The second-order valence-corrected chi connectivity index (χ2v) is 7.65. The molecule has 0 heterocycles. The third-order valence-electron chi connectivity index (χ3n) is 4.11. The van der Waals surface area contributed by atoms with Gasteiger partial charge in [0.25, 0.3) is 11.8 Å². The Balaban J connectivity index is 1.95. The summed E-state index contributed by atoms with van der Waals surface area (Å²) in [6.45, 7) is 4.79. The van der Waals surface area contributed by atoms with Gasteiger partial charge in [-0.1, -0.05) is 41.9 Å². The molecule has 0 fully saturated rings. The zero-order valence-corrected chi connectivity index (χ0v) is 17.9. The molecule has 2 amide bonds. The van der Waals surface area contributed by atoms with Gasteiger partial charge in [0.1, 0.15) is 11.9 Å². The third kappa shape index (κ3) is 6.39. The van der Waals surface area contributed by atoms with Crippen LogP contribution in [0.4, 0.5) is 10.1 Å². The molecule has 2 N–H and O–H groups in total. The van der Waals surface area contributed by atoms with Gasteiger partial charge < -0.3 is 15.4 Å². The van der Waals surface area contributed by atoms with Crippen LogP contribution in [0, 0.1) is 18.7 Å². The van der Waals surface area contributed by atoms with E-state index in [1.165, 1.54) is 18.2 Å². The van der Waals surface area contributed by atoms with E-state index >= 15 is 0 Å². The monoisotopic (exact) mass is 464 g/mol. The first-order chi connectivity index (χ1) is 13.7. The van der Waals surface area contributed by atoms with E-state index in [0.29, 0.717) is 5.69 Å². The average molecular weight is 465 g/mol. The first-order valence-electron chi connectivity index (χ1n) is 8.97. The van der Waals surface area contributed by atoms with Crippen molar-refractivity contribution in [1.82, 2.24) is 5.32 Å². The zero-order valence-electron chi connectivity index (χ0n) is 16.3. The molecular weight excluding hydrogens is 443 g/mol. The van der Waals surface area contributed by atoms with Crippen LogP contribution in [0.1, 0.15) is 29.8 Å². The molecule has 0 saturated heterocycles. The lowest BCUT2D eigenvalue weighted by molar-refractivity contribution is -0.150. The van der Waals surface area contributed by atoms with Crippen LogP contribution in [-0.2, 0) is 14.3 Å². The minimum absolute atomic E-state index is 0.172. The molecule has 0 bridgehead atoms. The summed E-state index contributed by atoms with van der Waals surface area (Å²) in [5, 5.41) is 5.10. The van der Waals surface area contributed by atoms with E-state index in [1.807, 2.05) is 6.92 Å². The highest BCUT2D eigenvalue weighted by atomic mass is 79.9. The van der Waals surface area contributed by atoms with Gasteiger partial charge in [0.15, 0.2) is 6.61 Å². The van der Waals surface area contributed by atoms with Gasteiger partial charge in [-0.25, -0.2) is 9.18 Å². The van der Waals surface area contributed by atoms with Crippen molar-refractivity contribution in [2.24, 2.45) is 5.92 Å². The first kappa shape index (κ1) is 22.5. The van der Waals surface area contributed by atoms with Crippen LogP contribution in [-0.4, -0.2) is 30.4 Å². The summed E-state index contributed by atoms with van der Waals surface area (Å²) in [4.78, 5) is 36.7. The SMILES string of the molecule is Cc1cc(NC(=O)COC(=O)[C@@H](NC(=O)c2ccccc2F)C(C)C)ccc1Br. The third-order valence-corrected chi connectivity index (χ3v) is 5.00. The van der Waals surface area contributed by atoms with Crippen LogP contribution in [0.25, 0.3) is 0 Å². The number of hydrogen-bond acceptors (Lipinski definition) is 4. The van der Waals surface area contributed by atoms with Crippen LogP contribution in [0.3, 0.4) is 0 Å². The minimum atomic E-state index is -1.02. The number of nitrogens with one attached hydrogen (secondary N) is 2. The molecule has 0 aliphatic carbocycles. The number of rotatable bonds is 7. The highest BCUT2D eigenvalue weighted by Crippen LogP contribution is 2.20. The number of halogens is 2. The second-order valence-electron chi connectivity index (χ2n) is 6.79. The highest BCUT2D eigenvalue weighted by molar-refractivity contribution is 9.10. The molecule has 2 aromatic carbocycles. The van der Waals surface area contributed by atoms with E-state index in [9.17, 15) is 18.8 Å². The van der Waals surface area contributed by atoms with Gasteiger partial charge in [-0.15, -0.1) is 0 Å². The number of benzene rings is 2. The Morgan fingerprint density at radius 2 is 1.83 bits per heavy atom. The van der Waals surface area contributed by atoms with E-state index in [4.69, 9.17) is 4.74 Å². The van der Waals surface area contributed by atoms with Gasteiger partial charge in [0, 0.05) is 10.2 Å². The van der Waals surface area contributed by atoms with Crippen LogP contribution >= 0.6 is 15.9 Å². The predicted octanol–water partition coefficient (Wildman–Crippen LogP) is 3.83. The first-order valence-corrected chi connectivity index (χ1v) is 9.76. The molecule has 154 valence electrons. The molecule has 0 spiro atoms. The molecular formula is C21H22BrFN2O4. The molecule has 0 aliphatic heterocycles. The fourth-order valence-electron chi connectivity index (χ4n) is 2.51. The number of amides is 2. The predicted molar refractivity (Wildman–Crippen MR) is 111 cm³/mol. The summed E-state index contributed by atoms with van der Waals surface area (Å²) in [6.07, 6.45) is 0. The van der Waals surface area contributed by atoms with Gasteiger partial charge in [0.05, 0.1) is 5.56 Å². The number of hydrogen-bond donors (Lipinski definition) is 2. The number of ether oxygens (including phenoxy) is 1. The summed E-state index contributed by atoms with van der Waals surface area (Å²) >= 11 is 3.38. The van der Waals surface area contributed by atoms with E-state index in [1.54, 1.807) is 32.0 Å². The van der Waals surface area contributed by atoms with E-state index in [0.717, 1.165) is 16.1 Å². The molecule has 0 unspecified atom stereocenters. The van der Waals surface area contributed by atoms with Crippen molar-refractivity contribution in [3.8, 4) is 0 Å². The molecule has 1 atom stereocenters. The molecule has 0 saturated carbocycles. The highest BCUT2D eigenvalue weighted by Gasteiger charge is 2.27. The van der Waals surface area contributed by atoms with Crippen molar-refractivity contribution in [3.63, 3.8) is 0 Å². The van der Waals surface area contributed by atoms with Crippen LogP contribution in [0.5, 0.6) is 0 Å². The van der Waals surface area contributed by atoms with Crippen molar-refractivity contribution >= 4 is 39.4 Å². The summed E-state index contributed by atoms with van der Waals surface area (Å²) in [6, 6.07) is 9.72. The Morgan fingerprint density at radius 1 is 1.14 bits per heavy atom. The average Bonchev–Trinajstić information content (AvgIpc) is 2.67. The van der Waals surface area contributed by atoms with Crippen molar-refractivity contribution in [3.05, 3.63) is 63.9 Å². The summed E-state index contributed by atoms with van der Waals surface area (Å²) < 4.78 is 19.7. The molecule has 0 aliphatic rings. The fraction of sp³-hybridized carbons (Fsp3) is 0.286. The lowest BCUT2D eigenvalue weighted by atomic mass is 10.0. The normalized spacial score (nSPS) is 11.7. The van der Waals surface area contributed by atoms with E-state index in [2.05, 4.69) is 26.6 Å². The maximum Gasteiger partial charge on any atom is 0.329 e. The smallest absolute Gasteiger partial charge is 0.329 e. The fourth-order valence-corrected chi connectivity index (χ4v) is 2.75. The molecule has 0 aromatic heterocycles. The maximum atomic E-state index is 13.8. The van der Waals surface area contributed by atoms with Gasteiger partial charge in [-0.2, -0.15) is 0 Å². The zero-order chi connectivity index (χ0) is 21.6. The van der Waals surface area contributed by atoms with Gasteiger partial charge in [-0.3, -0.25) is 9.59 Å². The molecule has 2 aromatic rings. The Kier molecular flexibility index (Phi) is 7.90. The number of carbonyl (C=O) groups excluding carboxylic acids is 3. The standard InChI is InChI=1S/C21H22BrFN2O4/c1-12(2)19(25-20(27)15-6-4-5-7-17(15)23)21(28)29-11-18(26)24-14-8-9-16(22)13(3)10-14/h4-10,12,19H,11H2,1-3H3,(H,24,26)(H,25,27)/t19-/m0/s1. The molecule has 0 radical (unpaired) electrons. The van der Waals surface area contributed by atoms with Gasteiger partial charge >= 0.3 is 5.97 Å². The van der Waals surface area contributed by atoms with Gasteiger partial charge in [-0.05, 0) is 48.7 Å². The summed E-state index contributed by atoms with van der Waals surface area (Å²) in [5.74, 6) is -3.02. The number of esters is 1. The van der Waals surface area contributed by atoms with Crippen LogP contribution in [0.15, 0.2) is 46.9 Å². The van der Waals surface area contributed by atoms with E-state index < -0.39 is 36.2 Å². The Bertz CT molecular complexity index is 917. The Labute approximate surface area is 177 Å². The summed E-state index contributed by atoms with van der Waals surface area (Å²) in [5.41, 5.74) is 1.34. The number of carbonyl (C=O) groups is 3. The quantitative estimate of drug-likeness (QED) is 0.609. The molecule has 8 heteroatoms. The van der Waals surface area contributed by atoms with Crippen LogP contribution in [0.2, 0.25) is 0 Å². The lowest BCUT2D eigenvalue weighted by Crippen LogP contribution is -2.46. The maximum absolute atomic E-state index is 13.8. The molecule has 29 heavy (non-hydrogen) atoms.